The fourth-order valence-electron chi connectivity index (χ4n) is 4.27. The van der Waals surface area contributed by atoms with Crippen LogP contribution < -0.4 is 10.0 Å². The maximum atomic E-state index is 13.0. The first-order valence-electron chi connectivity index (χ1n) is 11.7. The molecule has 0 saturated heterocycles. The second kappa shape index (κ2) is 10.2. The number of nitrogens with zero attached hydrogens (tertiary/aromatic N) is 1. The molecule has 10 heteroatoms. The van der Waals surface area contributed by atoms with Crippen LogP contribution in [0, 0.1) is 5.92 Å². The van der Waals surface area contributed by atoms with Crippen molar-refractivity contribution in [1.82, 2.24) is 14.7 Å². The van der Waals surface area contributed by atoms with Gasteiger partial charge in [0, 0.05) is 24.2 Å². The van der Waals surface area contributed by atoms with Crippen molar-refractivity contribution in [2.45, 2.75) is 63.5 Å². The zero-order valence-electron chi connectivity index (χ0n) is 20.0. The molecule has 1 aromatic heterocycles. The summed E-state index contributed by atoms with van der Waals surface area (Å²) in [6.07, 6.45) is 2.21. The van der Waals surface area contributed by atoms with E-state index in [9.17, 15) is 18.0 Å². The molecule has 0 radical (unpaired) electrons. The standard InChI is InChI=1S/C25H30N4O5S/c1-15(2)34-25(31)18-6-10-20(11-7-18)29-35(32,33)21-12-13-22-23(14-21)28-24(27-22)17-4-8-19(9-5-17)26-16(3)30/h4-5,8-9,12-15,18,20,29H,6-7,10-11H2,1-3H3,(H,26,30)(H,27,28)/t18-,20-. The first kappa shape index (κ1) is 24.9. The molecule has 0 aliphatic heterocycles. The molecule has 4 rings (SSSR count). The summed E-state index contributed by atoms with van der Waals surface area (Å²) in [7, 11) is -3.74. The highest BCUT2D eigenvalue weighted by Crippen LogP contribution is 2.28. The smallest absolute Gasteiger partial charge is 0.309 e. The second-order valence-corrected chi connectivity index (χ2v) is 10.9. The van der Waals surface area contributed by atoms with Crippen molar-refractivity contribution >= 4 is 38.6 Å². The number of aromatic amines is 1. The third-order valence-corrected chi connectivity index (χ3v) is 7.50. The number of fused-ring (bicyclic) bond motifs is 1. The maximum Gasteiger partial charge on any atom is 0.309 e. The van der Waals surface area contributed by atoms with Crippen molar-refractivity contribution in [1.29, 1.82) is 0 Å². The minimum absolute atomic E-state index is 0.144. The van der Waals surface area contributed by atoms with Gasteiger partial charge in [0.25, 0.3) is 0 Å². The third kappa shape index (κ3) is 6.07. The van der Waals surface area contributed by atoms with Crippen LogP contribution in [-0.2, 0) is 24.3 Å². The van der Waals surface area contributed by atoms with Gasteiger partial charge in [-0.3, -0.25) is 9.59 Å². The van der Waals surface area contributed by atoms with Gasteiger partial charge in [0.1, 0.15) is 5.82 Å². The molecule has 1 saturated carbocycles. The lowest BCUT2D eigenvalue weighted by atomic mass is 9.86. The van der Waals surface area contributed by atoms with E-state index in [1.54, 1.807) is 30.3 Å². The highest BCUT2D eigenvalue weighted by atomic mass is 32.2. The van der Waals surface area contributed by atoms with Crippen LogP contribution in [0.3, 0.4) is 0 Å². The van der Waals surface area contributed by atoms with Crippen LogP contribution in [0.15, 0.2) is 47.4 Å². The van der Waals surface area contributed by atoms with Crippen LogP contribution in [0.1, 0.15) is 46.5 Å². The minimum atomic E-state index is -3.74. The number of imidazole rings is 1. The van der Waals surface area contributed by atoms with Crippen molar-refractivity contribution in [3.63, 3.8) is 0 Å². The zero-order chi connectivity index (χ0) is 25.2. The van der Waals surface area contributed by atoms with Gasteiger partial charge in [0.15, 0.2) is 0 Å². The van der Waals surface area contributed by atoms with Gasteiger partial charge in [-0.15, -0.1) is 0 Å². The van der Waals surface area contributed by atoms with E-state index in [4.69, 9.17) is 4.74 Å². The summed E-state index contributed by atoms with van der Waals surface area (Å²) in [6.45, 7) is 5.09. The molecule has 1 fully saturated rings. The Bertz CT molecular complexity index is 1320. The Balaban J connectivity index is 1.44. The van der Waals surface area contributed by atoms with Crippen molar-refractivity contribution < 1.29 is 22.7 Å². The van der Waals surface area contributed by atoms with Gasteiger partial charge in [-0.1, -0.05) is 0 Å². The summed E-state index contributed by atoms with van der Waals surface area (Å²) in [5.41, 5.74) is 2.75. The fraction of sp³-hybridized carbons (Fsp3) is 0.400. The van der Waals surface area contributed by atoms with E-state index in [1.165, 1.54) is 6.92 Å². The number of benzene rings is 2. The number of nitrogens with one attached hydrogen (secondary N) is 3. The molecule has 1 aliphatic rings. The minimum Gasteiger partial charge on any atom is -0.463 e. The van der Waals surface area contributed by atoms with Gasteiger partial charge in [0.05, 0.1) is 28.0 Å². The van der Waals surface area contributed by atoms with Crippen molar-refractivity contribution in [2.75, 3.05) is 5.32 Å². The van der Waals surface area contributed by atoms with Crippen LogP contribution in [0.4, 0.5) is 5.69 Å². The lowest BCUT2D eigenvalue weighted by Gasteiger charge is -2.28. The molecule has 9 nitrogen and oxygen atoms in total. The Labute approximate surface area is 204 Å². The summed E-state index contributed by atoms with van der Waals surface area (Å²) in [4.78, 5) is 31.2. The molecule has 0 spiro atoms. The van der Waals surface area contributed by atoms with E-state index >= 15 is 0 Å². The molecule has 2 aromatic carbocycles. The monoisotopic (exact) mass is 498 g/mol. The average molecular weight is 499 g/mol. The van der Waals surface area contributed by atoms with E-state index in [0.717, 1.165) is 5.56 Å². The van der Waals surface area contributed by atoms with Gasteiger partial charge < -0.3 is 15.0 Å². The summed E-state index contributed by atoms with van der Waals surface area (Å²) in [5.74, 6) is 0.0733. The number of anilines is 1. The molecule has 3 N–H and O–H groups in total. The number of hydrogen-bond donors (Lipinski definition) is 3. The van der Waals surface area contributed by atoms with Gasteiger partial charge in [0.2, 0.25) is 15.9 Å². The first-order valence-corrected chi connectivity index (χ1v) is 13.2. The van der Waals surface area contributed by atoms with E-state index in [-0.39, 0.29) is 34.8 Å². The highest BCUT2D eigenvalue weighted by Gasteiger charge is 2.30. The number of hydrogen-bond acceptors (Lipinski definition) is 6. The van der Waals surface area contributed by atoms with Crippen LogP contribution in [0.25, 0.3) is 22.4 Å². The van der Waals surface area contributed by atoms with E-state index in [0.29, 0.717) is 48.2 Å². The predicted molar refractivity (Wildman–Crippen MR) is 133 cm³/mol. The predicted octanol–water partition coefficient (Wildman–Crippen LogP) is 3.98. The van der Waals surface area contributed by atoms with Crippen molar-refractivity contribution in [3.05, 3.63) is 42.5 Å². The van der Waals surface area contributed by atoms with E-state index in [2.05, 4.69) is 20.0 Å². The molecule has 1 heterocycles. The largest absolute Gasteiger partial charge is 0.463 e. The number of H-pyrrole nitrogens is 1. The number of carbonyl (C=O) groups is 2. The zero-order valence-corrected chi connectivity index (χ0v) is 20.8. The number of aromatic nitrogens is 2. The molecular formula is C25H30N4O5S. The fourth-order valence-corrected chi connectivity index (χ4v) is 5.59. The van der Waals surface area contributed by atoms with Crippen LogP contribution in [-0.4, -0.2) is 42.4 Å². The Hall–Kier alpha value is -3.24. The van der Waals surface area contributed by atoms with Crippen LogP contribution in [0.5, 0.6) is 0 Å². The number of rotatable bonds is 7. The number of amides is 1. The summed E-state index contributed by atoms with van der Waals surface area (Å²) >= 11 is 0. The lowest BCUT2D eigenvalue weighted by molar-refractivity contribution is -0.153. The Morgan fingerprint density at radius 1 is 1.06 bits per heavy atom. The number of esters is 1. The average Bonchev–Trinajstić information content (AvgIpc) is 3.22. The molecule has 0 unspecified atom stereocenters. The van der Waals surface area contributed by atoms with Crippen LogP contribution in [0.2, 0.25) is 0 Å². The van der Waals surface area contributed by atoms with Gasteiger partial charge in [-0.05, 0) is 82.0 Å². The Morgan fingerprint density at radius 3 is 2.37 bits per heavy atom. The first-order chi connectivity index (χ1) is 16.6. The number of sulfonamides is 1. The van der Waals surface area contributed by atoms with E-state index in [1.807, 2.05) is 26.0 Å². The molecule has 1 aliphatic carbocycles. The van der Waals surface area contributed by atoms with Crippen molar-refractivity contribution in [2.24, 2.45) is 5.92 Å². The molecule has 35 heavy (non-hydrogen) atoms. The van der Waals surface area contributed by atoms with Gasteiger partial charge >= 0.3 is 5.97 Å². The second-order valence-electron chi connectivity index (χ2n) is 9.18. The van der Waals surface area contributed by atoms with Crippen LogP contribution >= 0.6 is 0 Å². The molecule has 0 atom stereocenters. The highest BCUT2D eigenvalue weighted by molar-refractivity contribution is 7.89. The quantitative estimate of drug-likeness (QED) is 0.423. The Kier molecular flexibility index (Phi) is 7.23. The van der Waals surface area contributed by atoms with Gasteiger partial charge in [-0.2, -0.15) is 0 Å². The SMILES string of the molecule is CC(=O)Nc1ccc(-c2nc3cc(S(=O)(=O)N[C@H]4CC[C@H](C(=O)OC(C)C)CC4)ccc3[nH]2)cc1. The Morgan fingerprint density at radius 2 is 1.74 bits per heavy atom. The summed E-state index contributed by atoms with van der Waals surface area (Å²) in [5, 5.41) is 2.72. The van der Waals surface area contributed by atoms with Crippen molar-refractivity contribution in [3.8, 4) is 11.4 Å². The number of carbonyl (C=O) groups excluding carboxylic acids is 2. The topological polar surface area (TPSA) is 130 Å². The van der Waals surface area contributed by atoms with E-state index < -0.39 is 10.0 Å². The van der Waals surface area contributed by atoms with Gasteiger partial charge in [-0.25, -0.2) is 18.1 Å². The molecule has 0 bridgehead atoms. The normalized spacial score (nSPS) is 18.5. The maximum absolute atomic E-state index is 13.0. The molecule has 1 amide bonds. The summed E-state index contributed by atoms with van der Waals surface area (Å²) in [6, 6.07) is 11.8. The molecular weight excluding hydrogens is 468 g/mol. The third-order valence-electron chi connectivity index (χ3n) is 5.98. The lowest BCUT2D eigenvalue weighted by Crippen LogP contribution is -2.39. The molecule has 3 aromatic rings. The molecule has 186 valence electrons. The summed E-state index contributed by atoms with van der Waals surface area (Å²) < 4.78 is 34.1. The number of ether oxygens (including phenoxy) is 1.